The van der Waals surface area contributed by atoms with E-state index in [1.54, 1.807) is 0 Å². The summed E-state index contributed by atoms with van der Waals surface area (Å²) in [4.78, 5) is 0. The van der Waals surface area contributed by atoms with E-state index in [2.05, 4.69) is 0 Å². The molecule has 0 saturated heterocycles. The first kappa shape index (κ1) is 36.3. The van der Waals surface area contributed by atoms with Crippen molar-refractivity contribution in [2.75, 3.05) is 0 Å². The van der Waals surface area contributed by atoms with E-state index in [0.717, 1.165) is 112 Å². The normalized spacial score (nSPS) is 25.9. The van der Waals surface area contributed by atoms with Crippen LogP contribution >= 0.6 is 0 Å². The summed E-state index contributed by atoms with van der Waals surface area (Å²) in [6.45, 7) is 0. The van der Waals surface area contributed by atoms with Gasteiger partial charge in [-0.1, -0.05) is 32.1 Å². The zero-order chi connectivity index (χ0) is 37.7. The molecule has 0 radical (unpaired) electrons. The van der Waals surface area contributed by atoms with Crippen molar-refractivity contribution in [3.05, 3.63) is 93.0 Å². The molecule has 8 N–H and O–H groups in total. The summed E-state index contributed by atoms with van der Waals surface area (Å²) in [7, 11) is 0. The van der Waals surface area contributed by atoms with Crippen LogP contribution in [0.25, 0.3) is 0 Å². The minimum atomic E-state index is -0.0250. The van der Waals surface area contributed by atoms with Gasteiger partial charge in [-0.3, -0.25) is 0 Å². The third kappa shape index (κ3) is 7.36. The van der Waals surface area contributed by atoms with Crippen molar-refractivity contribution < 1.29 is 40.9 Å². The lowest BCUT2D eigenvalue weighted by Crippen LogP contribution is -2.08. The van der Waals surface area contributed by atoms with Crippen molar-refractivity contribution in [3.63, 3.8) is 0 Å². The number of hydrogen-bond donors (Lipinski definition) is 8. The maximum atomic E-state index is 11.2. The highest BCUT2D eigenvalue weighted by Gasteiger charge is 2.41. The van der Waals surface area contributed by atoms with Crippen LogP contribution in [0.15, 0.2) is 48.5 Å². The zero-order valence-corrected chi connectivity index (χ0v) is 31.0. The Kier molecular flexibility index (Phi) is 9.97. The number of aromatic hydroxyl groups is 8. The van der Waals surface area contributed by atoms with E-state index in [-0.39, 0.29) is 82.5 Å². The first-order chi connectivity index (χ1) is 26.0. The number of fused-ring (bicyclic) bond motifs is 3. The summed E-state index contributed by atoms with van der Waals surface area (Å²) in [5, 5.41) is 89.0. The molecule has 5 aliphatic carbocycles. The summed E-state index contributed by atoms with van der Waals surface area (Å²) in [6.07, 6.45) is 13.0. The smallest absolute Gasteiger partial charge is 0.122 e. The molecular formula is C46H54O8. The standard InChI is InChI=1S/C46H54O8/c47-39-21-43(51)35-17-31(39)15-33-19-37(45(53)23-41(33)49)27-8-3-4-9-28(13-30-14-29(30)12-27)38-20-34(42(50)24-46(38)54)16-32-18-36(44(52)22-40(32)48)26-7-2-1-6-25(35)10-5-11-26/h17-30,47-54H,1-16H2/t25?,26?,27-,28?,29-,30?/m0/s1. The van der Waals surface area contributed by atoms with Crippen molar-refractivity contribution in [2.24, 2.45) is 11.8 Å². The lowest BCUT2D eigenvalue weighted by molar-refractivity contribution is 0.392. The van der Waals surface area contributed by atoms with Crippen molar-refractivity contribution >= 4 is 0 Å². The van der Waals surface area contributed by atoms with Gasteiger partial charge in [-0.15, -0.1) is 0 Å². The molecule has 9 rings (SSSR count). The second kappa shape index (κ2) is 14.8. The maximum absolute atomic E-state index is 11.2. The van der Waals surface area contributed by atoms with Crippen LogP contribution in [-0.2, 0) is 12.8 Å². The fraction of sp³-hybridized carbons (Fsp3) is 0.478. The third-order valence-electron chi connectivity index (χ3n) is 13.5. The molecule has 54 heavy (non-hydrogen) atoms. The van der Waals surface area contributed by atoms with Crippen LogP contribution in [0.1, 0.15) is 158 Å². The SMILES string of the molecule is Oc1cc(O)c2cc1Cc1cc(c(O)cc1O)C1CCCC[C@@H](C[C@H]3CC3C1)c1cc(c(O)cc1O)Cc1cc(c(O)cc1O)C1CCCCC2CCC1. The van der Waals surface area contributed by atoms with Crippen LogP contribution in [0.4, 0.5) is 0 Å². The van der Waals surface area contributed by atoms with Gasteiger partial charge in [0.05, 0.1) is 0 Å². The average Bonchev–Trinajstić information content (AvgIpc) is 3.84. The van der Waals surface area contributed by atoms with Gasteiger partial charge in [0, 0.05) is 37.1 Å². The molecule has 286 valence electrons. The van der Waals surface area contributed by atoms with Crippen LogP contribution in [0, 0.1) is 11.8 Å². The fourth-order valence-corrected chi connectivity index (χ4v) is 10.4. The first-order valence-electron chi connectivity index (χ1n) is 20.2. The molecule has 0 aromatic heterocycles. The summed E-state index contributed by atoms with van der Waals surface area (Å²) in [6, 6.07) is 13.4. The van der Waals surface area contributed by atoms with E-state index in [9.17, 15) is 40.9 Å². The molecule has 3 fully saturated rings. The molecule has 5 aliphatic rings. The molecule has 4 aromatic rings. The van der Waals surface area contributed by atoms with Gasteiger partial charge in [0.15, 0.2) is 0 Å². The van der Waals surface area contributed by atoms with E-state index in [1.165, 1.54) is 24.3 Å². The lowest BCUT2D eigenvalue weighted by Gasteiger charge is -2.25. The van der Waals surface area contributed by atoms with Crippen molar-refractivity contribution in [1.29, 1.82) is 0 Å². The monoisotopic (exact) mass is 734 g/mol. The highest BCUT2D eigenvalue weighted by Crippen LogP contribution is 2.54. The van der Waals surface area contributed by atoms with Gasteiger partial charge < -0.3 is 40.9 Å². The topological polar surface area (TPSA) is 162 Å². The summed E-state index contributed by atoms with van der Waals surface area (Å²) < 4.78 is 0. The highest BCUT2D eigenvalue weighted by molar-refractivity contribution is 5.54. The number of phenolic OH excluding ortho intramolecular Hbond substituents is 8. The zero-order valence-electron chi connectivity index (χ0n) is 31.0. The van der Waals surface area contributed by atoms with Gasteiger partial charge in [-0.25, -0.2) is 0 Å². The molecule has 12 bridgehead atoms. The van der Waals surface area contributed by atoms with Crippen molar-refractivity contribution in [3.8, 4) is 46.0 Å². The molecule has 8 nitrogen and oxygen atoms in total. The maximum Gasteiger partial charge on any atom is 0.122 e. The fourth-order valence-electron chi connectivity index (χ4n) is 10.4. The predicted molar refractivity (Wildman–Crippen MR) is 207 cm³/mol. The van der Waals surface area contributed by atoms with E-state index in [0.29, 0.717) is 34.1 Å². The predicted octanol–water partition coefficient (Wildman–Crippen LogP) is 10.3. The van der Waals surface area contributed by atoms with Crippen molar-refractivity contribution in [1.82, 2.24) is 0 Å². The van der Waals surface area contributed by atoms with E-state index >= 15 is 0 Å². The molecule has 3 saturated carbocycles. The molecular weight excluding hydrogens is 680 g/mol. The van der Waals surface area contributed by atoms with E-state index in [4.69, 9.17) is 0 Å². The van der Waals surface area contributed by atoms with Gasteiger partial charge in [0.2, 0.25) is 0 Å². The lowest BCUT2D eigenvalue weighted by atomic mass is 9.81. The van der Waals surface area contributed by atoms with Crippen LogP contribution in [0.5, 0.6) is 46.0 Å². The minimum Gasteiger partial charge on any atom is -0.508 e. The van der Waals surface area contributed by atoms with E-state index in [1.807, 2.05) is 24.3 Å². The molecule has 0 aliphatic heterocycles. The molecule has 4 unspecified atom stereocenters. The van der Waals surface area contributed by atoms with Crippen LogP contribution in [0.3, 0.4) is 0 Å². The van der Waals surface area contributed by atoms with E-state index < -0.39 is 0 Å². The number of rotatable bonds is 0. The Balaban J connectivity index is 1.21. The molecule has 6 atom stereocenters. The number of phenols is 8. The second-order valence-corrected chi connectivity index (χ2v) is 17.0. The Morgan fingerprint density at radius 1 is 0.296 bits per heavy atom. The minimum absolute atomic E-state index is 0.0168. The second-order valence-electron chi connectivity index (χ2n) is 17.0. The van der Waals surface area contributed by atoms with Gasteiger partial charge in [-0.05, 0) is 162 Å². The summed E-state index contributed by atoms with van der Waals surface area (Å²) in [5.41, 5.74) is 5.76. The Bertz CT molecular complexity index is 1890. The Hall–Kier alpha value is -4.72. The van der Waals surface area contributed by atoms with Gasteiger partial charge in [-0.2, -0.15) is 0 Å². The number of hydrogen-bond acceptors (Lipinski definition) is 8. The molecule has 4 aromatic carbocycles. The van der Waals surface area contributed by atoms with Crippen LogP contribution < -0.4 is 0 Å². The third-order valence-corrected chi connectivity index (χ3v) is 13.5. The van der Waals surface area contributed by atoms with Crippen LogP contribution in [0.2, 0.25) is 0 Å². The Morgan fingerprint density at radius 3 is 0.907 bits per heavy atom. The van der Waals surface area contributed by atoms with Gasteiger partial charge in [0.1, 0.15) is 46.0 Å². The first-order valence-corrected chi connectivity index (χ1v) is 20.2. The van der Waals surface area contributed by atoms with Crippen LogP contribution in [-0.4, -0.2) is 40.9 Å². The molecule has 8 heteroatoms. The number of benzene rings is 4. The highest BCUT2D eigenvalue weighted by atomic mass is 16.3. The van der Waals surface area contributed by atoms with Gasteiger partial charge in [0.25, 0.3) is 0 Å². The quantitative estimate of drug-likeness (QED) is 0.0885. The Morgan fingerprint density at radius 2 is 0.574 bits per heavy atom. The van der Waals surface area contributed by atoms with Gasteiger partial charge >= 0.3 is 0 Å². The Labute approximate surface area is 317 Å². The van der Waals surface area contributed by atoms with Crippen molar-refractivity contribution in [2.45, 2.75) is 126 Å². The largest absolute Gasteiger partial charge is 0.508 e. The molecule has 0 heterocycles. The molecule has 0 spiro atoms. The summed E-state index contributed by atoms with van der Waals surface area (Å²) >= 11 is 0. The molecule has 0 amide bonds. The summed E-state index contributed by atoms with van der Waals surface area (Å²) in [5.74, 6) is 1.54. The average molecular weight is 735 g/mol.